The molecule has 0 heterocycles. The van der Waals surface area contributed by atoms with Crippen LogP contribution in [0.25, 0.3) is 0 Å². The lowest BCUT2D eigenvalue weighted by Gasteiger charge is -2.17. The van der Waals surface area contributed by atoms with E-state index in [0.717, 1.165) is 12.8 Å². The largest absolute Gasteiger partial charge is 0.299 e. The first-order valence-electron chi connectivity index (χ1n) is 6.49. The maximum absolute atomic E-state index is 11.8. The second kappa shape index (κ2) is 6.00. The number of benzene rings is 1. The van der Waals surface area contributed by atoms with E-state index in [1.807, 2.05) is 26.8 Å². The third-order valence-corrected chi connectivity index (χ3v) is 3.25. The molecule has 0 fully saturated rings. The summed E-state index contributed by atoms with van der Waals surface area (Å²) in [5.41, 5.74) is 1.19. The molecule has 1 heteroatoms. The molecule has 0 aromatic heterocycles. The molecule has 0 bridgehead atoms. The number of Topliss-reactive ketones (excluding diaryl/α,β-unsaturated/α-hetero) is 1. The molecule has 0 radical (unpaired) electrons. The van der Waals surface area contributed by atoms with Crippen LogP contribution < -0.4 is 0 Å². The summed E-state index contributed by atoms with van der Waals surface area (Å²) in [6.07, 6.45) is 2.79. The van der Waals surface area contributed by atoms with E-state index in [9.17, 15) is 4.79 Å². The van der Waals surface area contributed by atoms with Gasteiger partial charge in [-0.15, -0.1) is 0 Å². The van der Waals surface area contributed by atoms with Crippen LogP contribution in [-0.4, -0.2) is 5.78 Å². The first kappa shape index (κ1) is 14.0. The van der Waals surface area contributed by atoms with Crippen molar-refractivity contribution in [1.82, 2.24) is 0 Å². The average Bonchev–Trinajstić information content (AvgIpc) is 2.28. The first-order valence-corrected chi connectivity index (χ1v) is 6.49. The maximum Gasteiger partial charge on any atom is 0.138 e. The molecule has 0 aliphatic carbocycles. The molecule has 0 aliphatic rings. The average molecular weight is 232 g/mol. The lowest BCUT2D eigenvalue weighted by molar-refractivity contribution is -0.126. The third-order valence-electron chi connectivity index (χ3n) is 3.25. The van der Waals surface area contributed by atoms with Crippen LogP contribution in [0.5, 0.6) is 0 Å². The minimum absolute atomic E-state index is 0.185. The normalized spacial score (nSPS) is 13.4. The molecular weight excluding hydrogens is 208 g/mol. The molecule has 17 heavy (non-hydrogen) atoms. The van der Waals surface area contributed by atoms with Crippen LogP contribution in [-0.2, 0) is 4.79 Å². The Morgan fingerprint density at radius 1 is 1.18 bits per heavy atom. The van der Waals surface area contributed by atoms with Crippen molar-refractivity contribution in [1.29, 1.82) is 0 Å². The number of rotatable bonds is 5. The van der Waals surface area contributed by atoms with Gasteiger partial charge < -0.3 is 0 Å². The molecule has 0 spiro atoms. The van der Waals surface area contributed by atoms with Gasteiger partial charge in [0.2, 0.25) is 0 Å². The van der Waals surface area contributed by atoms with Crippen LogP contribution in [0.15, 0.2) is 30.3 Å². The summed E-state index contributed by atoms with van der Waals surface area (Å²) in [7, 11) is 0. The zero-order valence-corrected chi connectivity index (χ0v) is 11.5. The lowest BCUT2D eigenvalue weighted by Crippen LogP contribution is -2.19. The van der Waals surface area contributed by atoms with Crippen LogP contribution in [0.3, 0.4) is 0 Å². The van der Waals surface area contributed by atoms with Gasteiger partial charge in [0, 0.05) is 11.8 Å². The van der Waals surface area contributed by atoms with Crippen molar-refractivity contribution >= 4 is 5.78 Å². The van der Waals surface area contributed by atoms with Crippen molar-refractivity contribution in [3.63, 3.8) is 0 Å². The second-order valence-electron chi connectivity index (χ2n) is 5.88. The molecule has 0 aliphatic heterocycles. The number of ketones is 1. The lowest BCUT2D eigenvalue weighted by atomic mass is 9.86. The van der Waals surface area contributed by atoms with Gasteiger partial charge in [-0.1, -0.05) is 58.0 Å². The molecule has 0 N–H and O–H groups in total. The predicted molar refractivity (Wildman–Crippen MR) is 73.2 cm³/mol. The molecule has 94 valence electrons. The van der Waals surface area contributed by atoms with Crippen LogP contribution >= 0.6 is 0 Å². The first-order chi connectivity index (χ1) is 7.91. The molecule has 1 unspecified atom stereocenters. The SMILES string of the molecule is CC(CCCC(=O)C(C)(C)C)c1ccccc1. The molecule has 1 nitrogen and oxygen atoms in total. The zero-order chi connectivity index (χ0) is 12.9. The number of carbonyl (C=O) groups excluding carboxylic acids is 1. The minimum atomic E-state index is -0.185. The van der Waals surface area contributed by atoms with Crippen LogP contribution in [0, 0.1) is 5.41 Å². The fourth-order valence-electron chi connectivity index (χ4n) is 1.89. The third kappa shape index (κ3) is 4.72. The van der Waals surface area contributed by atoms with Crippen molar-refractivity contribution in [2.24, 2.45) is 5.41 Å². The van der Waals surface area contributed by atoms with Gasteiger partial charge in [-0.05, 0) is 24.3 Å². The Balaban J connectivity index is 2.35. The van der Waals surface area contributed by atoms with E-state index in [0.29, 0.717) is 18.1 Å². The Bertz CT molecular complexity index is 346. The number of hydrogen-bond acceptors (Lipinski definition) is 1. The minimum Gasteiger partial charge on any atom is -0.299 e. The van der Waals surface area contributed by atoms with E-state index in [1.54, 1.807) is 0 Å². The smallest absolute Gasteiger partial charge is 0.138 e. The van der Waals surface area contributed by atoms with Crippen LogP contribution in [0.4, 0.5) is 0 Å². The summed E-state index contributed by atoms with van der Waals surface area (Å²) in [5, 5.41) is 0. The highest BCUT2D eigenvalue weighted by Crippen LogP contribution is 2.23. The number of hydrogen-bond donors (Lipinski definition) is 0. The van der Waals surface area contributed by atoms with Crippen molar-refractivity contribution in [2.45, 2.75) is 52.9 Å². The maximum atomic E-state index is 11.8. The van der Waals surface area contributed by atoms with Gasteiger partial charge in [-0.3, -0.25) is 4.79 Å². The van der Waals surface area contributed by atoms with Crippen molar-refractivity contribution in [3.8, 4) is 0 Å². The highest BCUT2D eigenvalue weighted by Gasteiger charge is 2.20. The molecule has 1 atom stereocenters. The summed E-state index contributed by atoms with van der Waals surface area (Å²) in [6.45, 7) is 8.22. The molecular formula is C16H24O. The second-order valence-corrected chi connectivity index (χ2v) is 5.88. The standard InChI is InChI=1S/C16H24O/c1-13(14-10-6-5-7-11-14)9-8-12-15(17)16(2,3)4/h5-7,10-11,13H,8-9,12H2,1-4H3. The molecule has 0 saturated carbocycles. The summed E-state index contributed by atoms with van der Waals surface area (Å²) in [6, 6.07) is 10.5. The van der Waals surface area contributed by atoms with Crippen LogP contribution in [0.2, 0.25) is 0 Å². The summed E-state index contributed by atoms with van der Waals surface area (Å²) in [5.74, 6) is 0.918. The predicted octanol–water partition coefficient (Wildman–Crippen LogP) is 4.58. The zero-order valence-electron chi connectivity index (χ0n) is 11.5. The van der Waals surface area contributed by atoms with Gasteiger partial charge in [0.25, 0.3) is 0 Å². The highest BCUT2D eigenvalue weighted by molar-refractivity contribution is 5.83. The van der Waals surface area contributed by atoms with Gasteiger partial charge in [0.1, 0.15) is 5.78 Å². The van der Waals surface area contributed by atoms with E-state index in [1.165, 1.54) is 5.56 Å². The monoisotopic (exact) mass is 232 g/mol. The fraction of sp³-hybridized carbons (Fsp3) is 0.562. The highest BCUT2D eigenvalue weighted by atomic mass is 16.1. The van der Waals surface area contributed by atoms with E-state index in [-0.39, 0.29) is 5.41 Å². The fourth-order valence-corrected chi connectivity index (χ4v) is 1.89. The summed E-state index contributed by atoms with van der Waals surface area (Å²) < 4.78 is 0. The van der Waals surface area contributed by atoms with Crippen molar-refractivity contribution in [3.05, 3.63) is 35.9 Å². The number of carbonyl (C=O) groups is 1. The Hall–Kier alpha value is -1.11. The summed E-state index contributed by atoms with van der Waals surface area (Å²) in [4.78, 5) is 11.8. The molecule has 0 saturated heterocycles. The van der Waals surface area contributed by atoms with Gasteiger partial charge in [0.05, 0.1) is 0 Å². The Morgan fingerprint density at radius 3 is 2.29 bits per heavy atom. The van der Waals surface area contributed by atoms with Gasteiger partial charge in [-0.25, -0.2) is 0 Å². The van der Waals surface area contributed by atoms with Gasteiger partial charge in [0.15, 0.2) is 0 Å². The quantitative estimate of drug-likeness (QED) is 0.726. The van der Waals surface area contributed by atoms with E-state index >= 15 is 0 Å². The van der Waals surface area contributed by atoms with Crippen LogP contribution in [0.1, 0.15) is 58.4 Å². The van der Waals surface area contributed by atoms with E-state index in [2.05, 4.69) is 31.2 Å². The molecule has 1 rings (SSSR count). The molecule has 1 aromatic rings. The Kier molecular flexibility index (Phi) is 4.92. The van der Waals surface area contributed by atoms with E-state index in [4.69, 9.17) is 0 Å². The van der Waals surface area contributed by atoms with Gasteiger partial charge in [-0.2, -0.15) is 0 Å². The van der Waals surface area contributed by atoms with Gasteiger partial charge >= 0.3 is 0 Å². The van der Waals surface area contributed by atoms with Crippen molar-refractivity contribution in [2.75, 3.05) is 0 Å². The Labute approximate surface area is 105 Å². The molecule has 0 amide bonds. The van der Waals surface area contributed by atoms with E-state index < -0.39 is 0 Å². The summed E-state index contributed by atoms with van der Waals surface area (Å²) >= 11 is 0. The Morgan fingerprint density at radius 2 is 1.76 bits per heavy atom. The molecule has 1 aromatic carbocycles. The van der Waals surface area contributed by atoms with Crippen molar-refractivity contribution < 1.29 is 4.79 Å². The topological polar surface area (TPSA) is 17.1 Å².